The van der Waals surface area contributed by atoms with Gasteiger partial charge in [-0.1, -0.05) is 0 Å². The maximum Gasteiger partial charge on any atom is 0.231 e. The Kier molecular flexibility index (Phi) is 2.06. The molecule has 0 saturated heterocycles. The first-order valence-electron chi connectivity index (χ1n) is 3.83. The van der Waals surface area contributed by atoms with Crippen LogP contribution < -0.4 is 0 Å². The standard InChI is InChI=1S/C8H13NO3/c1-8(12)4-5(9(2)3)6(10)7(8)11/h5,12H,4H2,1-3H3. The fraction of sp³-hybridized carbons (Fsp3) is 0.750. The van der Waals surface area contributed by atoms with Gasteiger partial charge in [0.25, 0.3) is 0 Å². The van der Waals surface area contributed by atoms with Gasteiger partial charge in [0, 0.05) is 6.42 Å². The van der Waals surface area contributed by atoms with Crippen molar-refractivity contribution in [2.45, 2.75) is 25.0 Å². The number of carbonyl (C=O) groups is 2. The van der Waals surface area contributed by atoms with E-state index >= 15 is 0 Å². The van der Waals surface area contributed by atoms with Crippen LogP contribution in [0.2, 0.25) is 0 Å². The predicted octanol–water partition coefficient (Wildman–Crippen LogP) is -0.791. The highest BCUT2D eigenvalue weighted by Gasteiger charge is 2.49. The molecule has 4 heteroatoms. The van der Waals surface area contributed by atoms with Crippen LogP contribution >= 0.6 is 0 Å². The van der Waals surface area contributed by atoms with Crippen LogP contribution in [0.5, 0.6) is 0 Å². The van der Waals surface area contributed by atoms with E-state index in [4.69, 9.17) is 0 Å². The number of hydrogen-bond acceptors (Lipinski definition) is 4. The molecule has 0 amide bonds. The monoisotopic (exact) mass is 171 g/mol. The minimum Gasteiger partial charge on any atom is -0.382 e. The first-order valence-corrected chi connectivity index (χ1v) is 3.83. The molecule has 1 aliphatic rings. The molecule has 0 bridgehead atoms. The van der Waals surface area contributed by atoms with Crippen molar-refractivity contribution >= 4 is 11.6 Å². The predicted molar refractivity (Wildman–Crippen MR) is 42.7 cm³/mol. The summed E-state index contributed by atoms with van der Waals surface area (Å²) in [5.74, 6) is -1.15. The molecule has 68 valence electrons. The molecule has 2 unspecified atom stereocenters. The Labute approximate surface area is 71.2 Å². The van der Waals surface area contributed by atoms with Crippen LogP contribution in [0.15, 0.2) is 0 Å². The van der Waals surface area contributed by atoms with E-state index in [0.29, 0.717) is 0 Å². The average Bonchev–Trinajstić information content (AvgIpc) is 2.14. The lowest BCUT2D eigenvalue weighted by atomic mass is 10.0. The third-order valence-electron chi connectivity index (χ3n) is 2.23. The molecular weight excluding hydrogens is 158 g/mol. The highest BCUT2D eigenvalue weighted by molar-refractivity contribution is 6.44. The molecule has 1 saturated carbocycles. The lowest BCUT2D eigenvalue weighted by molar-refractivity contribution is -0.142. The number of hydrogen-bond donors (Lipinski definition) is 1. The number of carbonyl (C=O) groups excluding carboxylic acids is 2. The number of Topliss-reactive ketones (excluding diaryl/α,β-unsaturated/α-hetero) is 2. The zero-order valence-corrected chi connectivity index (χ0v) is 7.50. The smallest absolute Gasteiger partial charge is 0.231 e. The van der Waals surface area contributed by atoms with Crippen LogP contribution in [0.3, 0.4) is 0 Å². The van der Waals surface area contributed by atoms with E-state index in [-0.39, 0.29) is 6.42 Å². The van der Waals surface area contributed by atoms with Crippen LogP contribution in [0.25, 0.3) is 0 Å². The van der Waals surface area contributed by atoms with Crippen molar-refractivity contribution in [2.75, 3.05) is 14.1 Å². The van der Waals surface area contributed by atoms with E-state index in [2.05, 4.69) is 0 Å². The van der Waals surface area contributed by atoms with Crippen molar-refractivity contribution in [3.05, 3.63) is 0 Å². The van der Waals surface area contributed by atoms with Crippen LogP contribution in [0.4, 0.5) is 0 Å². The summed E-state index contributed by atoms with van der Waals surface area (Å²) in [5, 5.41) is 9.46. The Morgan fingerprint density at radius 1 is 1.50 bits per heavy atom. The summed E-state index contributed by atoms with van der Waals surface area (Å²) < 4.78 is 0. The summed E-state index contributed by atoms with van der Waals surface area (Å²) in [6.45, 7) is 1.39. The Balaban J connectivity index is 2.89. The molecule has 4 nitrogen and oxygen atoms in total. The molecule has 0 aromatic heterocycles. The van der Waals surface area contributed by atoms with Crippen LogP contribution in [0, 0.1) is 0 Å². The van der Waals surface area contributed by atoms with E-state index in [1.165, 1.54) is 6.92 Å². The van der Waals surface area contributed by atoms with Gasteiger partial charge in [-0.15, -0.1) is 0 Å². The van der Waals surface area contributed by atoms with Crippen molar-refractivity contribution in [1.29, 1.82) is 0 Å². The topological polar surface area (TPSA) is 57.6 Å². The van der Waals surface area contributed by atoms with Gasteiger partial charge in [0.1, 0.15) is 5.60 Å². The fourth-order valence-corrected chi connectivity index (χ4v) is 1.40. The Hall–Kier alpha value is -0.740. The zero-order chi connectivity index (χ0) is 9.52. The number of likely N-dealkylation sites (N-methyl/N-ethyl adjacent to an activating group) is 1. The van der Waals surface area contributed by atoms with Crippen molar-refractivity contribution < 1.29 is 14.7 Å². The third-order valence-corrected chi connectivity index (χ3v) is 2.23. The van der Waals surface area contributed by atoms with E-state index in [1.54, 1.807) is 19.0 Å². The van der Waals surface area contributed by atoms with Crippen molar-refractivity contribution in [3.8, 4) is 0 Å². The second-order valence-electron chi connectivity index (χ2n) is 3.65. The van der Waals surface area contributed by atoms with Crippen molar-refractivity contribution in [1.82, 2.24) is 4.90 Å². The van der Waals surface area contributed by atoms with Crippen molar-refractivity contribution in [2.24, 2.45) is 0 Å². The maximum atomic E-state index is 11.2. The second-order valence-corrected chi connectivity index (χ2v) is 3.65. The first kappa shape index (κ1) is 9.35. The SMILES string of the molecule is CN(C)C1CC(C)(O)C(=O)C1=O. The average molecular weight is 171 g/mol. The molecule has 0 heterocycles. The normalized spacial score (nSPS) is 36.6. The molecule has 0 aromatic rings. The highest BCUT2D eigenvalue weighted by Crippen LogP contribution is 2.25. The number of ketones is 2. The lowest BCUT2D eigenvalue weighted by Gasteiger charge is -2.17. The minimum atomic E-state index is -1.45. The molecule has 0 radical (unpaired) electrons. The summed E-state index contributed by atoms with van der Waals surface area (Å²) in [7, 11) is 3.44. The summed E-state index contributed by atoms with van der Waals surface area (Å²) in [4.78, 5) is 24.0. The molecule has 0 spiro atoms. The number of nitrogens with zero attached hydrogens (tertiary/aromatic N) is 1. The largest absolute Gasteiger partial charge is 0.382 e. The van der Waals surface area contributed by atoms with E-state index < -0.39 is 23.2 Å². The van der Waals surface area contributed by atoms with Crippen LogP contribution in [-0.2, 0) is 9.59 Å². The molecular formula is C8H13NO3. The van der Waals surface area contributed by atoms with Gasteiger partial charge in [0.05, 0.1) is 6.04 Å². The molecule has 1 N–H and O–H groups in total. The van der Waals surface area contributed by atoms with Gasteiger partial charge in [0.15, 0.2) is 0 Å². The van der Waals surface area contributed by atoms with Crippen LogP contribution in [-0.4, -0.2) is 47.3 Å². The summed E-state index contributed by atoms with van der Waals surface area (Å²) in [5.41, 5.74) is -1.45. The van der Waals surface area contributed by atoms with Gasteiger partial charge in [-0.2, -0.15) is 0 Å². The molecule has 1 fully saturated rings. The Morgan fingerprint density at radius 2 is 2.00 bits per heavy atom. The zero-order valence-electron chi connectivity index (χ0n) is 7.50. The molecule has 1 rings (SSSR count). The van der Waals surface area contributed by atoms with Gasteiger partial charge < -0.3 is 5.11 Å². The fourth-order valence-electron chi connectivity index (χ4n) is 1.40. The molecule has 0 aliphatic heterocycles. The van der Waals surface area contributed by atoms with Gasteiger partial charge in [-0.05, 0) is 21.0 Å². The van der Waals surface area contributed by atoms with Gasteiger partial charge >= 0.3 is 0 Å². The second kappa shape index (κ2) is 2.64. The van der Waals surface area contributed by atoms with Gasteiger partial charge in [0.2, 0.25) is 11.6 Å². The number of rotatable bonds is 1. The molecule has 2 atom stereocenters. The van der Waals surface area contributed by atoms with Crippen molar-refractivity contribution in [3.63, 3.8) is 0 Å². The molecule has 0 aromatic carbocycles. The Bertz CT molecular complexity index is 232. The van der Waals surface area contributed by atoms with Gasteiger partial charge in [-0.3, -0.25) is 14.5 Å². The van der Waals surface area contributed by atoms with Crippen LogP contribution in [0.1, 0.15) is 13.3 Å². The quantitative estimate of drug-likeness (QED) is 0.525. The van der Waals surface area contributed by atoms with Gasteiger partial charge in [-0.25, -0.2) is 0 Å². The Morgan fingerprint density at radius 3 is 2.17 bits per heavy atom. The van der Waals surface area contributed by atoms with E-state index in [0.717, 1.165) is 0 Å². The maximum absolute atomic E-state index is 11.2. The number of aliphatic hydroxyl groups is 1. The molecule has 1 aliphatic carbocycles. The first-order chi connectivity index (χ1) is 5.36. The molecule has 12 heavy (non-hydrogen) atoms. The summed E-state index contributed by atoms with van der Waals surface area (Å²) in [6.07, 6.45) is 0.206. The minimum absolute atomic E-state index is 0.206. The van der Waals surface area contributed by atoms with E-state index in [9.17, 15) is 14.7 Å². The summed E-state index contributed by atoms with van der Waals surface area (Å²) in [6, 6.07) is -0.451. The summed E-state index contributed by atoms with van der Waals surface area (Å²) >= 11 is 0. The highest BCUT2D eigenvalue weighted by atomic mass is 16.3. The van der Waals surface area contributed by atoms with E-state index in [1.807, 2.05) is 0 Å². The lowest BCUT2D eigenvalue weighted by Crippen LogP contribution is -2.33. The third kappa shape index (κ3) is 1.28.